The number of carboxylic acid groups (broad SMARTS) is 1. The van der Waals surface area contributed by atoms with Gasteiger partial charge < -0.3 is 5.11 Å². The van der Waals surface area contributed by atoms with Gasteiger partial charge in [0, 0.05) is 6.04 Å². The fourth-order valence-electron chi connectivity index (χ4n) is 1.12. The zero-order chi connectivity index (χ0) is 10.1. The maximum Gasteiger partial charge on any atom is 0.318 e. The van der Waals surface area contributed by atoms with Gasteiger partial charge in [-0.05, 0) is 19.8 Å². The van der Waals surface area contributed by atoms with Gasteiger partial charge in [-0.25, -0.2) is 8.42 Å². The number of aliphatic carboxylic acids is 1. The summed E-state index contributed by atoms with van der Waals surface area (Å²) in [4.78, 5) is 10.4. The Labute approximate surface area is 77.4 Å². The van der Waals surface area contributed by atoms with E-state index in [9.17, 15) is 13.2 Å². The van der Waals surface area contributed by atoms with E-state index in [1.54, 1.807) is 0 Å². The molecule has 1 N–H and O–H groups in total. The van der Waals surface area contributed by atoms with Gasteiger partial charge >= 0.3 is 5.97 Å². The van der Waals surface area contributed by atoms with Crippen molar-refractivity contribution in [3.05, 3.63) is 0 Å². The van der Waals surface area contributed by atoms with Crippen molar-refractivity contribution < 1.29 is 18.3 Å². The summed E-state index contributed by atoms with van der Waals surface area (Å²) in [5, 5.41) is 8.51. The first-order valence-electron chi connectivity index (χ1n) is 4.18. The minimum atomic E-state index is -3.34. The maximum atomic E-state index is 11.4. The van der Waals surface area contributed by atoms with Crippen molar-refractivity contribution in [3.63, 3.8) is 0 Å². The van der Waals surface area contributed by atoms with Crippen LogP contribution in [0, 0.1) is 0 Å². The minimum absolute atomic E-state index is 0.0310. The molecule has 0 heterocycles. The van der Waals surface area contributed by atoms with Crippen molar-refractivity contribution in [2.75, 3.05) is 12.3 Å². The van der Waals surface area contributed by atoms with Gasteiger partial charge in [-0.1, -0.05) is 0 Å². The van der Waals surface area contributed by atoms with Crippen LogP contribution < -0.4 is 0 Å². The van der Waals surface area contributed by atoms with E-state index in [1.165, 1.54) is 6.92 Å². The maximum absolute atomic E-state index is 11.4. The molecule has 0 bridgehead atoms. The van der Waals surface area contributed by atoms with E-state index in [-0.39, 0.29) is 11.8 Å². The number of hydrogen-bond acceptors (Lipinski definition) is 3. The highest BCUT2D eigenvalue weighted by atomic mass is 32.2. The van der Waals surface area contributed by atoms with Crippen LogP contribution in [0.1, 0.15) is 19.8 Å². The molecule has 1 aliphatic rings. The molecule has 0 aromatic heterocycles. The molecule has 0 aromatic rings. The summed E-state index contributed by atoms with van der Waals surface area (Å²) < 4.78 is 23.9. The van der Waals surface area contributed by atoms with E-state index in [1.807, 2.05) is 0 Å². The standard InChI is InChI=1S/C7H13NO4S/c1-2-13(11,12)8(5-7(9)10)6-3-4-6/h6H,2-5H2,1H3,(H,9,10). The van der Waals surface area contributed by atoms with Crippen LogP contribution in [0.4, 0.5) is 0 Å². The molecule has 1 saturated carbocycles. The lowest BCUT2D eigenvalue weighted by atomic mass is 10.6. The van der Waals surface area contributed by atoms with Gasteiger partial charge in [0.15, 0.2) is 0 Å². The van der Waals surface area contributed by atoms with Crippen LogP contribution in [0.15, 0.2) is 0 Å². The molecule has 0 unspecified atom stereocenters. The van der Waals surface area contributed by atoms with Gasteiger partial charge in [-0.15, -0.1) is 0 Å². The predicted molar refractivity (Wildman–Crippen MR) is 46.8 cm³/mol. The number of hydrogen-bond donors (Lipinski definition) is 1. The Morgan fingerprint density at radius 3 is 2.38 bits per heavy atom. The Morgan fingerprint density at radius 2 is 2.08 bits per heavy atom. The van der Waals surface area contributed by atoms with Gasteiger partial charge in [0.25, 0.3) is 0 Å². The normalized spacial score (nSPS) is 17.7. The Balaban J connectivity index is 2.73. The molecule has 0 atom stereocenters. The first kappa shape index (κ1) is 10.5. The van der Waals surface area contributed by atoms with Crippen molar-refractivity contribution >= 4 is 16.0 Å². The number of sulfonamides is 1. The van der Waals surface area contributed by atoms with Crippen molar-refractivity contribution in [2.24, 2.45) is 0 Å². The van der Waals surface area contributed by atoms with Crippen molar-refractivity contribution in [1.82, 2.24) is 4.31 Å². The predicted octanol–water partition coefficient (Wildman–Crippen LogP) is -0.115. The van der Waals surface area contributed by atoms with E-state index in [2.05, 4.69) is 0 Å². The molecule has 1 fully saturated rings. The van der Waals surface area contributed by atoms with Crippen molar-refractivity contribution in [2.45, 2.75) is 25.8 Å². The van der Waals surface area contributed by atoms with Crippen molar-refractivity contribution in [1.29, 1.82) is 0 Å². The number of rotatable bonds is 5. The van der Waals surface area contributed by atoms with Gasteiger partial charge in [0.05, 0.1) is 5.75 Å². The third-order valence-electron chi connectivity index (χ3n) is 1.97. The molecule has 13 heavy (non-hydrogen) atoms. The Hall–Kier alpha value is -0.620. The summed E-state index contributed by atoms with van der Waals surface area (Å²) >= 11 is 0. The molecule has 0 spiro atoms. The summed E-state index contributed by atoms with van der Waals surface area (Å²) in [5.41, 5.74) is 0. The fraction of sp³-hybridized carbons (Fsp3) is 0.857. The monoisotopic (exact) mass is 207 g/mol. The summed E-state index contributed by atoms with van der Waals surface area (Å²) in [5.74, 6) is -1.12. The summed E-state index contributed by atoms with van der Waals surface area (Å²) in [6.07, 6.45) is 1.57. The molecular weight excluding hydrogens is 194 g/mol. The van der Waals surface area contributed by atoms with E-state index in [0.29, 0.717) is 0 Å². The average molecular weight is 207 g/mol. The molecule has 6 heteroatoms. The minimum Gasteiger partial charge on any atom is -0.480 e. The molecule has 1 rings (SSSR count). The molecular formula is C7H13NO4S. The van der Waals surface area contributed by atoms with Crippen LogP contribution in [0.25, 0.3) is 0 Å². The summed E-state index contributed by atoms with van der Waals surface area (Å²) in [6, 6.07) is -0.0685. The van der Waals surface area contributed by atoms with Gasteiger partial charge in [-0.2, -0.15) is 4.31 Å². The zero-order valence-corrected chi connectivity index (χ0v) is 8.25. The van der Waals surface area contributed by atoms with Crippen LogP contribution in [0.2, 0.25) is 0 Å². The lowest BCUT2D eigenvalue weighted by Crippen LogP contribution is -2.38. The van der Waals surface area contributed by atoms with E-state index >= 15 is 0 Å². The highest BCUT2D eigenvalue weighted by molar-refractivity contribution is 7.89. The Bertz CT molecular complexity index is 294. The fourth-order valence-corrected chi connectivity index (χ4v) is 2.42. The van der Waals surface area contributed by atoms with E-state index < -0.39 is 22.5 Å². The van der Waals surface area contributed by atoms with Crippen LogP contribution >= 0.6 is 0 Å². The van der Waals surface area contributed by atoms with Gasteiger partial charge in [-0.3, -0.25) is 4.79 Å². The first-order valence-corrected chi connectivity index (χ1v) is 5.79. The summed E-state index contributed by atoms with van der Waals surface area (Å²) in [7, 11) is -3.34. The van der Waals surface area contributed by atoms with E-state index in [4.69, 9.17) is 5.11 Å². The zero-order valence-electron chi connectivity index (χ0n) is 7.43. The van der Waals surface area contributed by atoms with Crippen LogP contribution in [-0.4, -0.2) is 42.1 Å². The van der Waals surface area contributed by atoms with Crippen LogP contribution in [0.5, 0.6) is 0 Å². The highest BCUT2D eigenvalue weighted by Gasteiger charge is 2.37. The quantitative estimate of drug-likeness (QED) is 0.682. The molecule has 0 saturated heterocycles. The Kier molecular flexibility index (Phi) is 2.92. The molecule has 0 aromatic carbocycles. The second-order valence-electron chi connectivity index (χ2n) is 3.07. The molecule has 5 nitrogen and oxygen atoms in total. The molecule has 0 radical (unpaired) electrons. The molecule has 0 aliphatic heterocycles. The molecule has 76 valence electrons. The van der Waals surface area contributed by atoms with Crippen LogP contribution in [0.3, 0.4) is 0 Å². The lowest BCUT2D eigenvalue weighted by molar-refractivity contribution is -0.137. The number of carbonyl (C=O) groups is 1. The second kappa shape index (κ2) is 3.63. The highest BCUT2D eigenvalue weighted by Crippen LogP contribution is 2.28. The second-order valence-corrected chi connectivity index (χ2v) is 5.28. The SMILES string of the molecule is CCS(=O)(=O)N(CC(=O)O)C1CC1. The molecule has 1 aliphatic carbocycles. The summed E-state index contributed by atoms with van der Waals surface area (Å²) in [6.45, 7) is 1.12. The lowest BCUT2D eigenvalue weighted by Gasteiger charge is -2.18. The van der Waals surface area contributed by atoms with Crippen LogP contribution in [-0.2, 0) is 14.8 Å². The van der Waals surface area contributed by atoms with E-state index in [0.717, 1.165) is 17.1 Å². The Morgan fingerprint density at radius 1 is 1.54 bits per heavy atom. The topological polar surface area (TPSA) is 74.7 Å². The largest absolute Gasteiger partial charge is 0.480 e. The van der Waals surface area contributed by atoms with Crippen molar-refractivity contribution in [3.8, 4) is 0 Å². The first-order chi connectivity index (χ1) is 5.97. The number of nitrogens with zero attached hydrogens (tertiary/aromatic N) is 1. The number of carboxylic acids is 1. The smallest absolute Gasteiger partial charge is 0.318 e. The van der Waals surface area contributed by atoms with Gasteiger partial charge in [0.2, 0.25) is 10.0 Å². The van der Waals surface area contributed by atoms with Gasteiger partial charge in [0.1, 0.15) is 6.54 Å². The third-order valence-corrected chi connectivity index (χ3v) is 3.84. The third kappa shape index (κ3) is 2.67. The molecule has 0 amide bonds. The average Bonchev–Trinajstić information content (AvgIpc) is 2.82.